The molecule has 2 amide bonds. The summed E-state index contributed by atoms with van der Waals surface area (Å²) in [5.41, 5.74) is 0.917. The van der Waals surface area contributed by atoms with Crippen molar-refractivity contribution in [2.24, 2.45) is 0 Å². The summed E-state index contributed by atoms with van der Waals surface area (Å²) in [5, 5.41) is 7.25. The van der Waals surface area contributed by atoms with Crippen molar-refractivity contribution in [2.75, 3.05) is 13.1 Å². The smallest absolute Gasteiger partial charge is 0.261 e. The number of thiophene rings is 1. The molecular weight excluding hydrogens is 296 g/mol. The van der Waals surface area contributed by atoms with Gasteiger partial charge in [0.15, 0.2) is 0 Å². The number of carbonyl (C=O) groups excluding carboxylic acids is 2. The molecule has 0 spiro atoms. The Balaban J connectivity index is 1.62. The maximum Gasteiger partial charge on any atom is 0.261 e. The van der Waals surface area contributed by atoms with E-state index in [2.05, 4.69) is 22.5 Å². The van der Waals surface area contributed by atoms with E-state index >= 15 is 0 Å². The second-order valence-electron chi connectivity index (χ2n) is 4.43. The van der Waals surface area contributed by atoms with Crippen LogP contribution >= 0.6 is 11.3 Å². The Morgan fingerprint density at radius 3 is 2.59 bits per heavy atom. The Morgan fingerprint density at radius 1 is 1.05 bits per heavy atom. The minimum Gasteiger partial charge on any atom is -0.351 e. The molecule has 0 aliphatic heterocycles. The maximum atomic E-state index is 11.6. The van der Waals surface area contributed by atoms with Gasteiger partial charge in [-0.3, -0.25) is 9.59 Å². The average molecular weight is 312 g/mol. The van der Waals surface area contributed by atoms with Gasteiger partial charge in [0.2, 0.25) is 5.91 Å². The van der Waals surface area contributed by atoms with Crippen molar-refractivity contribution in [1.29, 1.82) is 0 Å². The number of hydrogen-bond acceptors (Lipinski definition) is 3. The molecule has 2 rings (SSSR count). The lowest BCUT2D eigenvalue weighted by Gasteiger charge is -2.03. The van der Waals surface area contributed by atoms with Gasteiger partial charge >= 0.3 is 0 Å². The van der Waals surface area contributed by atoms with Gasteiger partial charge in [0, 0.05) is 18.5 Å². The highest BCUT2D eigenvalue weighted by molar-refractivity contribution is 7.12. The van der Waals surface area contributed by atoms with Crippen LogP contribution in [0.5, 0.6) is 0 Å². The average Bonchev–Trinajstić information content (AvgIpc) is 3.07. The molecule has 1 aromatic heterocycles. The first-order chi connectivity index (χ1) is 10.8. The zero-order valence-electron chi connectivity index (χ0n) is 12.0. The molecule has 1 heterocycles. The van der Waals surface area contributed by atoms with Crippen LogP contribution in [0.2, 0.25) is 0 Å². The Kier molecular flexibility index (Phi) is 6.21. The van der Waals surface area contributed by atoms with Gasteiger partial charge in [-0.05, 0) is 23.6 Å². The van der Waals surface area contributed by atoms with Gasteiger partial charge in [-0.25, -0.2) is 0 Å². The summed E-state index contributed by atoms with van der Waals surface area (Å²) >= 11 is 1.37. The van der Waals surface area contributed by atoms with E-state index in [1.807, 2.05) is 41.8 Å². The van der Waals surface area contributed by atoms with E-state index in [9.17, 15) is 9.59 Å². The number of carbonyl (C=O) groups is 2. The monoisotopic (exact) mass is 312 g/mol. The lowest BCUT2D eigenvalue weighted by molar-refractivity contribution is -0.120. The Bertz CT molecular complexity index is 670. The zero-order chi connectivity index (χ0) is 15.6. The molecule has 2 aromatic rings. The molecule has 0 aliphatic carbocycles. The third kappa shape index (κ3) is 5.43. The summed E-state index contributed by atoms with van der Waals surface area (Å²) in [7, 11) is 0. The highest BCUT2D eigenvalue weighted by Crippen LogP contribution is 2.07. The molecule has 112 valence electrons. The lowest BCUT2D eigenvalue weighted by Crippen LogP contribution is -2.30. The van der Waals surface area contributed by atoms with E-state index in [1.165, 1.54) is 11.3 Å². The molecule has 4 nitrogen and oxygen atoms in total. The quantitative estimate of drug-likeness (QED) is 0.830. The van der Waals surface area contributed by atoms with Gasteiger partial charge in [-0.2, -0.15) is 0 Å². The van der Waals surface area contributed by atoms with Crippen LogP contribution in [0.25, 0.3) is 0 Å². The third-order valence-corrected chi connectivity index (χ3v) is 3.63. The van der Waals surface area contributed by atoms with Crippen LogP contribution in [0.4, 0.5) is 0 Å². The molecule has 0 saturated heterocycles. The van der Waals surface area contributed by atoms with Crippen molar-refractivity contribution in [3.8, 4) is 11.8 Å². The number of amides is 2. The Morgan fingerprint density at radius 2 is 1.86 bits per heavy atom. The predicted molar refractivity (Wildman–Crippen MR) is 87.6 cm³/mol. The minimum atomic E-state index is -0.147. The molecule has 0 aliphatic rings. The summed E-state index contributed by atoms with van der Waals surface area (Å²) < 4.78 is 0. The zero-order valence-corrected chi connectivity index (χ0v) is 12.8. The van der Waals surface area contributed by atoms with Gasteiger partial charge in [0.25, 0.3) is 5.91 Å². The van der Waals surface area contributed by atoms with E-state index < -0.39 is 0 Å². The molecular formula is C17H16N2O2S. The molecule has 0 atom stereocenters. The number of hydrogen-bond donors (Lipinski definition) is 2. The molecule has 2 N–H and O–H groups in total. The minimum absolute atomic E-state index is 0.131. The van der Waals surface area contributed by atoms with Crippen LogP contribution in [-0.2, 0) is 4.79 Å². The van der Waals surface area contributed by atoms with Gasteiger partial charge in [0.05, 0.1) is 11.4 Å². The lowest BCUT2D eigenvalue weighted by atomic mass is 10.2. The molecule has 0 fully saturated rings. The summed E-state index contributed by atoms with van der Waals surface area (Å²) in [6.07, 6.45) is 0.240. The molecule has 1 aromatic carbocycles. The molecule has 0 saturated carbocycles. The summed E-state index contributed by atoms with van der Waals surface area (Å²) in [5.74, 6) is 5.57. The van der Waals surface area contributed by atoms with Crippen LogP contribution in [0.15, 0.2) is 47.8 Å². The van der Waals surface area contributed by atoms with Gasteiger partial charge < -0.3 is 10.6 Å². The third-order valence-electron chi connectivity index (χ3n) is 2.76. The topological polar surface area (TPSA) is 58.2 Å². The number of nitrogens with one attached hydrogen (secondary N) is 2. The first-order valence-electron chi connectivity index (χ1n) is 6.88. The summed E-state index contributed by atoms with van der Waals surface area (Å²) in [4.78, 5) is 23.9. The van der Waals surface area contributed by atoms with Gasteiger partial charge in [0.1, 0.15) is 0 Å². The maximum absolute atomic E-state index is 11.6. The molecule has 0 bridgehead atoms. The van der Waals surface area contributed by atoms with E-state index in [4.69, 9.17) is 0 Å². The SMILES string of the molecule is O=C(CCNC(=O)c1cccs1)NCC#Cc1ccccc1. The summed E-state index contributed by atoms with van der Waals surface area (Å²) in [6.45, 7) is 0.612. The fraction of sp³-hybridized carbons (Fsp3) is 0.176. The molecule has 5 heteroatoms. The summed E-state index contributed by atoms with van der Waals surface area (Å²) in [6, 6.07) is 13.1. The van der Waals surface area contributed by atoms with Crippen LogP contribution < -0.4 is 10.6 Å². The van der Waals surface area contributed by atoms with Crippen LogP contribution in [0.3, 0.4) is 0 Å². The molecule has 0 radical (unpaired) electrons. The second kappa shape index (κ2) is 8.65. The first-order valence-corrected chi connectivity index (χ1v) is 7.76. The van der Waals surface area contributed by atoms with E-state index in [1.54, 1.807) is 6.07 Å². The fourth-order valence-electron chi connectivity index (χ4n) is 1.68. The van der Waals surface area contributed by atoms with Crippen molar-refractivity contribution in [1.82, 2.24) is 10.6 Å². The van der Waals surface area contributed by atoms with E-state index in [-0.39, 0.29) is 18.2 Å². The van der Waals surface area contributed by atoms with Crippen molar-refractivity contribution < 1.29 is 9.59 Å². The van der Waals surface area contributed by atoms with Crippen LogP contribution in [0.1, 0.15) is 21.7 Å². The molecule has 0 unspecified atom stereocenters. The highest BCUT2D eigenvalue weighted by atomic mass is 32.1. The normalized spacial score (nSPS) is 9.45. The largest absolute Gasteiger partial charge is 0.351 e. The van der Waals surface area contributed by atoms with Crippen LogP contribution in [0, 0.1) is 11.8 Å². The predicted octanol–water partition coefficient (Wildman–Crippen LogP) is 2.04. The first kappa shape index (κ1) is 15.8. The van der Waals surface area contributed by atoms with Crippen molar-refractivity contribution in [2.45, 2.75) is 6.42 Å². The van der Waals surface area contributed by atoms with Gasteiger partial charge in [-0.15, -0.1) is 11.3 Å². The molecule has 22 heavy (non-hydrogen) atoms. The van der Waals surface area contributed by atoms with Gasteiger partial charge in [-0.1, -0.05) is 36.1 Å². The van der Waals surface area contributed by atoms with Crippen molar-refractivity contribution >= 4 is 23.2 Å². The Labute approximate surface area is 133 Å². The van der Waals surface area contributed by atoms with Crippen LogP contribution in [-0.4, -0.2) is 24.9 Å². The number of rotatable bonds is 5. The highest BCUT2D eigenvalue weighted by Gasteiger charge is 2.06. The van der Waals surface area contributed by atoms with E-state index in [0.29, 0.717) is 18.0 Å². The van der Waals surface area contributed by atoms with Crippen molar-refractivity contribution in [3.05, 3.63) is 58.3 Å². The fourth-order valence-corrected chi connectivity index (χ4v) is 2.32. The second-order valence-corrected chi connectivity index (χ2v) is 5.38. The standard InChI is InChI=1S/C17H16N2O2S/c20-16(10-12-19-17(21)15-9-5-13-22-15)18-11-4-8-14-6-2-1-3-7-14/h1-3,5-7,9,13H,10-12H2,(H,18,20)(H,19,21). The van der Waals surface area contributed by atoms with E-state index in [0.717, 1.165) is 5.56 Å². The Hall–Kier alpha value is -2.58. The number of benzene rings is 1. The van der Waals surface area contributed by atoms with Crippen molar-refractivity contribution in [3.63, 3.8) is 0 Å².